The van der Waals surface area contributed by atoms with Gasteiger partial charge in [0.25, 0.3) is 0 Å². The second-order valence-electron chi connectivity index (χ2n) is 17.2. The van der Waals surface area contributed by atoms with Crippen LogP contribution in [0, 0.1) is 11.8 Å². The molecule has 2 aromatic heterocycles. The Hall–Kier alpha value is -5.92. The molecular weight excluding hydrogens is 837 g/mol. The number of alkyl carbamates (subject to hydrolysis) is 1. The molecule has 3 aromatic rings. The van der Waals surface area contributed by atoms with E-state index in [4.69, 9.17) is 49.4 Å². The molecule has 4 unspecified atom stereocenters. The zero-order chi connectivity index (χ0) is 46.6. The molecule has 5 heterocycles. The molecule has 0 saturated carbocycles. The predicted molar refractivity (Wildman–Crippen MR) is 225 cm³/mol. The van der Waals surface area contributed by atoms with E-state index in [-0.39, 0.29) is 55.5 Å². The molecule has 3 saturated heterocycles. The zero-order valence-electron chi connectivity index (χ0n) is 37.2. The lowest BCUT2D eigenvalue weighted by Crippen LogP contribution is -2.49. The first-order valence-corrected chi connectivity index (χ1v) is 20.8. The molecule has 0 spiro atoms. The van der Waals surface area contributed by atoms with Crippen LogP contribution < -0.4 is 16.8 Å². The lowest BCUT2D eigenvalue weighted by molar-refractivity contribution is -0.189. The van der Waals surface area contributed by atoms with Crippen LogP contribution in [0.25, 0.3) is 11.2 Å². The van der Waals surface area contributed by atoms with Crippen LogP contribution in [0.2, 0.25) is 0 Å². The summed E-state index contributed by atoms with van der Waals surface area (Å²) in [5, 5.41) is 2.79. The van der Waals surface area contributed by atoms with Gasteiger partial charge >= 0.3 is 24.0 Å². The summed E-state index contributed by atoms with van der Waals surface area (Å²) in [6, 6.07) is 6.89. The number of benzene rings is 1. The number of carbonyl (C=O) groups excluding carboxylic acids is 5. The number of imidazole rings is 1. The van der Waals surface area contributed by atoms with Crippen molar-refractivity contribution in [3.8, 4) is 11.8 Å². The molecule has 64 heavy (non-hydrogen) atoms. The number of nitrogen functional groups attached to an aromatic ring is 1. The summed E-state index contributed by atoms with van der Waals surface area (Å²) in [5.41, 5.74) is 11.0. The van der Waals surface area contributed by atoms with E-state index in [1.807, 2.05) is 24.8 Å². The van der Waals surface area contributed by atoms with Crippen LogP contribution in [0.3, 0.4) is 0 Å². The van der Waals surface area contributed by atoms with Crippen molar-refractivity contribution in [2.24, 2.45) is 5.73 Å². The van der Waals surface area contributed by atoms with Gasteiger partial charge in [0.1, 0.15) is 36.3 Å². The molecule has 0 radical (unpaired) electrons. The minimum Gasteiger partial charge on any atom is -0.466 e. The smallest absolute Gasteiger partial charge is 0.407 e. The molecule has 3 aliphatic heterocycles. The first-order chi connectivity index (χ1) is 30.1. The lowest BCUT2D eigenvalue weighted by atomic mass is 9.94. The molecule has 1 aromatic carbocycles. The average Bonchev–Trinajstić information content (AvgIpc) is 3.91. The molecule has 5 N–H and O–H groups in total. The van der Waals surface area contributed by atoms with Gasteiger partial charge in [-0.1, -0.05) is 18.1 Å². The zero-order valence-corrected chi connectivity index (χ0v) is 37.2. The summed E-state index contributed by atoms with van der Waals surface area (Å²) < 4.78 is 49.4. The van der Waals surface area contributed by atoms with Crippen LogP contribution in [0.1, 0.15) is 102 Å². The molecule has 346 valence electrons. The Morgan fingerprint density at radius 3 is 2.48 bits per heavy atom. The number of carbonyl (C=O) groups is 5. The number of hydrogen-bond donors (Lipinski definition) is 3. The molecule has 0 bridgehead atoms. The topological polar surface area (TPSA) is 270 Å². The Kier molecular flexibility index (Phi) is 14.4. The van der Waals surface area contributed by atoms with E-state index in [1.54, 1.807) is 39.0 Å². The van der Waals surface area contributed by atoms with Crippen LogP contribution in [-0.2, 0) is 52.3 Å². The van der Waals surface area contributed by atoms with Gasteiger partial charge in [0.2, 0.25) is 5.91 Å². The third-order valence-electron chi connectivity index (χ3n) is 10.4. The maximum Gasteiger partial charge on any atom is 0.407 e. The Morgan fingerprint density at radius 1 is 1.05 bits per heavy atom. The highest BCUT2D eigenvalue weighted by Crippen LogP contribution is 2.46. The maximum atomic E-state index is 12.6. The molecular formula is C43H56N8O13. The minimum absolute atomic E-state index is 0.0413. The van der Waals surface area contributed by atoms with E-state index in [0.29, 0.717) is 30.6 Å². The van der Waals surface area contributed by atoms with Crippen LogP contribution >= 0.6 is 0 Å². The van der Waals surface area contributed by atoms with Crippen molar-refractivity contribution in [1.29, 1.82) is 0 Å². The van der Waals surface area contributed by atoms with Crippen molar-refractivity contribution in [3.05, 3.63) is 47.5 Å². The second kappa shape index (κ2) is 19.4. The second-order valence-corrected chi connectivity index (χ2v) is 17.2. The van der Waals surface area contributed by atoms with Gasteiger partial charge in [-0.05, 0) is 64.7 Å². The maximum absolute atomic E-state index is 12.6. The van der Waals surface area contributed by atoms with E-state index in [1.165, 1.54) is 31.7 Å². The molecule has 6 rings (SSSR count). The minimum atomic E-state index is -1.58. The molecule has 21 heteroatoms. The highest BCUT2D eigenvalue weighted by atomic mass is 16.8. The first kappa shape index (κ1) is 47.6. The Balaban J connectivity index is 1.32. The van der Waals surface area contributed by atoms with Gasteiger partial charge in [-0.3, -0.25) is 28.6 Å². The highest BCUT2D eigenvalue weighted by molar-refractivity contribution is 5.93. The number of rotatable bonds is 15. The van der Waals surface area contributed by atoms with Crippen LogP contribution in [0.5, 0.6) is 0 Å². The van der Waals surface area contributed by atoms with Crippen molar-refractivity contribution in [2.75, 3.05) is 45.1 Å². The van der Waals surface area contributed by atoms with E-state index in [2.05, 4.69) is 32.1 Å². The number of nitrogens with one attached hydrogen (secondary N) is 1. The summed E-state index contributed by atoms with van der Waals surface area (Å²) in [6.45, 7) is 13.4. The summed E-state index contributed by atoms with van der Waals surface area (Å²) in [7, 11) is 0. The number of esters is 3. The van der Waals surface area contributed by atoms with E-state index < -0.39 is 83.6 Å². The highest BCUT2D eigenvalue weighted by Gasteiger charge is 2.57. The fraction of sp³-hybridized carbons (Fsp3) is 0.581. The van der Waals surface area contributed by atoms with Gasteiger partial charge in [0, 0.05) is 52.4 Å². The largest absolute Gasteiger partial charge is 0.466 e. The number of nitrogens with zero attached hydrogens (tertiary/aromatic N) is 5. The van der Waals surface area contributed by atoms with Gasteiger partial charge < -0.3 is 54.7 Å². The van der Waals surface area contributed by atoms with Crippen molar-refractivity contribution in [2.45, 2.75) is 122 Å². The molecule has 2 amide bonds. The Labute approximate surface area is 370 Å². The van der Waals surface area contributed by atoms with Crippen molar-refractivity contribution >= 4 is 46.9 Å². The summed E-state index contributed by atoms with van der Waals surface area (Å²) in [4.78, 5) is 76.6. The summed E-state index contributed by atoms with van der Waals surface area (Å²) in [6.07, 6.45) is -3.52. The molecule has 21 nitrogen and oxygen atoms in total. The number of anilines is 1. The fourth-order valence-electron chi connectivity index (χ4n) is 7.97. The summed E-state index contributed by atoms with van der Waals surface area (Å²) >= 11 is 0. The molecule has 3 fully saturated rings. The van der Waals surface area contributed by atoms with Crippen molar-refractivity contribution in [3.63, 3.8) is 0 Å². The SMILES string of the molecule is CC(=O)OCCC1(OC(C)=O)CO[C@@H](n2c(C#CCN(CCCNC(=O)OC(C)(C)C)C[C@H]3O[C@@H](c4cccc(C(N)=O)c4)C4OC(C)(C)OC43)nc3c(N)ncnc32)C1OC(C)=O. The average molecular weight is 893 g/mol. The Bertz CT molecular complexity index is 2300. The molecule has 3 aliphatic rings. The molecule has 0 aliphatic carbocycles. The van der Waals surface area contributed by atoms with Crippen LogP contribution in [-0.4, -0.2) is 135 Å². The van der Waals surface area contributed by atoms with E-state index in [9.17, 15) is 24.0 Å². The van der Waals surface area contributed by atoms with E-state index in [0.717, 1.165) is 0 Å². The fourth-order valence-corrected chi connectivity index (χ4v) is 7.97. The van der Waals surface area contributed by atoms with Crippen molar-refractivity contribution in [1.82, 2.24) is 29.7 Å². The van der Waals surface area contributed by atoms with Gasteiger partial charge in [0.05, 0.1) is 19.8 Å². The van der Waals surface area contributed by atoms with Crippen molar-refractivity contribution < 1.29 is 61.9 Å². The monoisotopic (exact) mass is 892 g/mol. The number of nitrogens with two attached hydrogens (primary N) is 2. The molecule has 7 atom stereocenters. The van der Waals surface area contributed by atoms with Gasteiger partial charge in [-0.15, -0.1) is 0 Å². The number of ether oxygens (including phenoxy) is 8. The quantitative estimate of drug-likeness (QED) is 0.0856. The van der Waals surface area contributed by atoms with E-state index >= 15 is 0 Å². The Morgan fingerprint density at radius 2 is 1.80 bits per heavy atom. The third kappa shape index (κ3) is 11.4. The van der Waals surface area contributed by atoms with Crippen LogP contribution in [0.15, 0.2) is 30.6 Å². The van der Waals surface area contributed by atoms with Gasteiger partial charge in [-0.2, -0.15) is 0 Å². The normalized spacial score (nSPS) is 24.7. The number of amides is 2. The number of fused-ring (bicyclic) bond motifs is 2. The van der Waals surface area contributed by atoms with Crippen LogP contribution in [0.4, 0.5) is 10.6 Å². The lowest BCUT2D eigenvalue weighted by Gasteiger charge is -2.33. The standard InChI is InChI=1S/C43H56N8O13/c1-24(52)57-19-15-43(61-26(3)54)22-58-39(35(43)59-25(2)53)51-30(49-31-36(44)47-23-48-38(31)51)14-10-17-50(18-11-16-46-40(56)64-41(4,5)6)21-29-33-34(63-42(7,8)62-33)32(60-29)27-12-9-13-28(20-27)37(45)55/h9,12-13,20,23,29,32-35,39H,11,15-19,21-22H2,1-8H3,(H2,45,55)(H,46,56)(H2,44,47,48)/t29-,32+,33?,34?,35?,39-,43?/m1/s1. The number of aromatic nitrogens is 4. The summed E-state index contributed by atoms with van der Waals surface area (Å²) in [5.74, 6) is 3.02. The first-order valence-electron chi connectivity index (χ1n) is 20.8. The predicted octanol–water partition coefficient (Wildman–Crippen LogP) is 2.45. The number of hydrogen-bond acceptors (Lipinski definition) is 18. The third-order valence-corrected chi connectivity index (χ3v) is 10.4. The van der Waals surface area contributed by atoms with Gasteiger partial charge in [0.15, 0.2) is 46.5 Å². The van der Waals surface area contributed by atoms with Gasteiger partial charge in [-0.25, -0.2) is 19.7 Å². The number of primary amides is 1.